The molecule has 0 aromatic heterocycles. The molecule has 0 aliphatic rings. The Labute approximate surface area is 166 Å². The number of hydrogen-bond acceptors (Lipinski definition) is 9. The normalized spacial score (nSPS) is 11.6. The number of unbranched alkanes of at least 4 members (excludes halogenated alkanes) is 1. The molecule has 1 atom stereocenters. The number of hydrogen-bond donors (Lipinski definition) is 0. The smallest absolute Gasteiger partial charge is 0.463 e. The fourth-order valence-corrected chi connectivity index (χ4v) is 1.88. The van der Waals surface area contributed by atoms with Crippen LogP contribution in [0.4, 0.5) is 9.59 Å². The SMILES string of the molecule is CCCCOC(=O)[C@H](C)OC(=O)OCCOCCOC(=O)OCC(CC)CC. The summed E-state index contributed by atoms with van der Waals surface area (Å²) in [6, 6.07) is 0. The van der Waals surface area contributed by atoms with E-state index in [1.165, 1.54) is 6.92 Å². The molecule has 0 aliphatic heterocycles. The zero-order chi connectivity index (χ0) is 21.2. The quantitative estimate of drug-likeness (QED) is 0.229. The highest BCUT2D eigenvalue weighted by Gasteiger charge is 2.20. The van der Waals surface area contributed by atoms with Gasteiger partial charge in [0.15, 0.2) is 6.10 Å². The Morgan fingerprint density at radius 1 is 0.750 bits per heavy atom. The Morgan fingerprint density at radius 3 is 1.93 bits per heavy atom. The van der Waals surface area contributed by atoms with Crippen molar-refractivity contribution in [2.75, 3.05) is 39.6 Å². The molecule has 9 nitrogen and oxygen atoms in total. The molecule has 0 heterocycles. The summed E-state index contributed by atoms with van der Waals surface area (Å²) in [6.07, 6.45) is 0.779. The van der Waals surface area contributed by atoms with E-state index < -0.39 is 24.4 Å². The van der Waals surface area contributed by atoms with Crippen LogP contribution < -0.4 is 0 Å². The minimum Gasteiger partial charge on any atom is -0.463 e. The number of carbonyl (C=O) groups is 3. The van der Waals surface area contributed by atoms with Gasteiger partial charge in [0.25, 0.3) is 0 Å². The highest BCUT2D eigenvalue weighted by Crippen LogP contribution is 2.07. The lowest BCUT2D eigenvalue weighted by molar-refractivity contribution is -0.154. The molecule has 0 rings (SSSR count). The average molecular weight is 406 g/mol. The van der Waals surface area contributed by atoms with Gasteiger partial charge in [0.2, 0.25) is 0 Å². The van der Waals surface area contributed by atoms with Crippen molar-refractivity contribution in [3.63, 3.8) is 0 Å². The van der Waals surface area contributed by atoms with Gasteiger partial charge in [0.05, 0.1) is 26.4 Å². The van der Waals surface area contributed by atoms with E-state index in [2.05, 4.69) is 0 Å². The predicted octanol–water partition coefficient (Wildman–Crippen LogP) is 3.48. The summed E-state index contributed by atoms with van der Waals surface area (Å²) in [6.45, 7) is 8.29. The number of esters is 1. The first-order chi connectivity index (χ1) is 13.4. The molecule has 0 unspecified atom stereocenters. The van der Waals surface area contributed by atoms with Gasteiger partial charge in [0.1, 0.15) is 13.2 Å². The molecule has 28 heavy (non-hydrogen) atoms. The van der Waals surface area contributed by atoms with Gasteiger partial charge in [-0.2, -0.15) is 0 Å². The molecule has 0 N–H and O–H groups in total. The second kappa shape index (κ2) is 17.1. The average Bonchev–Trinajstić information content (AvgIpc) is 2.68. The third-order valence-electron chi connectivity index (χ3n) is 3.83. The van der Waals surface area contributed by atoms with Gasteiger partial charge in [-0.1, -0.05) is 40.0 Å². The third kappa shape index (κ3) is 14.1. The molecule has 0 saturated carbocycles. The minimum atomic E-state index is -1.04. The van der Waals surface area contributed by atoms with Crippen molar-refractivity contribution in [1.82, 2.24) is 0 Å². The van der Waals surface area contributed by atoms with Gasteiger partial charge in [-0.15, -0.1) is 0 Å². The molecule has 0 fully saturated rings. The van der Waals surface area contributed by atoms with Crippen molar-refractivity contribution in [3.05, 3.63) is 0 Å². The van der Waals surface area contributed by atoms with Crippen LogP contribution in [0.5, 0.6) is 0 Å². The van der Waals surface area contributed by atoms with Crippen molar-refractivity contribution >= 4 is 18.3 Å². The summed E-state index contributed by atoms with van der Waals surface area (Å²) in [4.78, 5) is 34.4. The number of ether oxygens (including phenoxy) is 6. The van der Waals surface area contributed by atoms with E-state index in [9.17, 15) is 14.4 Å². The summed E-state index contributed by atoms with van der Waals surface area (Å²) in [5, 5.41) is 0. The van der Waals surface area contributed by atoms with Crippen LogP contribution >= 0.6 is 0 Å². The summed E-state index contributed by atoms with van der Waals surface area (Å²) >= 11 is 0. The third-order valence-corrected chi connectivity index (χ3v) is 3.83. The summed E-state index contributed by atoms with van der Waals surface area (Å²) in [5.74, 6) is -0.281. The van der Waals surface area contributed by atoms with E-state index in [4.69, 9.17) is 28.4 Å². The zero-order valence-corrected chi connectivity index (χ0v) is 17.4. The summed E-state index contributed by atoms with van der Waals surface area (Å²) in [5.41, 5.74) is 0. The molecule has 164 valence electrons. The Kier molecular flexibility index (Phi) is 15.9. The molecular formula is C19H34O9. The molecule has 0 spiro atoms. The van der Waals surface area contributed by atoms with E-state index in [-0.39, 0.29) is 26.4 Å². The maximum absolute atomic E-state index is 11.5. The fraction of sp³-hybridized carbons (Fsp3) is 0.842. The topological polar surface area (TPSA) is 107 Å². The molecule has 9 heteroatoms. The van der Waals surface area contributed by atoms with Crippen molar-refractivity contribution < 1.29 is 42.8 Å². The molecule has 0 amide bonds. The second-order valence-electron chi connectivity index (χ2n) is 6.08. The van der Waals surface area contributed by atoms with Gasteiger partial charge in [-0.3, -0.25) is 0 Å². The predicted molar refractivity (Wildman–Crippen MR) is 100.0 cm³/mol. The van der Waals surface area contributed by atoms with Crippen LogP contribution in [0.15, 0.2) is 0 Å². The Bertz CT molecular complexity index is 435. The van der Waals surface area contributed by atoms with E-state index in [1.807, 2.05) is 20.8 Å². The lowest BCUT2D eigenvalue weighted by Gasteiger charge is -2.13. The zero-order valence-electron chi connectivity index (χ0n) is 17.4. The van der Waals surface area contributed by atoms with Crippen LogP contribution in [0.25, 0.3) is 0 Å². The van der Waals surface area contributed by atoms with Crippen LogP contribution in [0, 0.1) is 5.92 Å². The monoisotopic (exact) mass is 406 g/mol. The highest BCUT2D eigenvalue weighted by atomic mass is 16.7. The number of rotatable bonds is 15. The van der Waals surface area contributed by atoms with E-state index in [0.29, 0.717) is 19.1 Å². The van der Waals surface area contributed by atoms with Gasteiger partial charge >= 0.3 is 18.3 Å². The van der Waals surface area contributed by atoms with Gasteiger partial charge < -0.3 is 28.4 Å². The summed E-state index contributed by atoms with van der Waals surface area (Å²) < 4.78 is 29.5. The first-order valence-corrected chi connectivity index (χ1v) is 9.81. The second-order valence-corrected chi connectivity index (χ2v) is 6.08. The molecule has 0 aromatic carbocycles. The van der Waals surface area contributed by atoms with Crippen molar-refractivity contribution in [2.45, 2.75) is 59.5 Å². The molecular weight excluding hydrogens is 372 g/mol. The van der Waals surface area contributed by atoms with Crippen LogP contribution in [0.3, 0.4) is 0 Å². The Morgan fingerprint density at radius 2 is 1.36 bits per heavy atom. The maximum atomic E-state index is 11.5. The molecule has 0 saturated heterocycles. The van der Waals surface area contributed by atoms with E-state index in [0.717, 1.165) is 25.7 Å². The van der Waals surface area contributed by atoms with Gasteiger partial charge in [-0.05, 0) is 19.3 Å². The van der Waals surface area contributed by atoms with Crippen molar-refractivity contribution in [2.24, 2.45) is 5.92 Å². The molecule has 0 bridgehead atoms. The molecule has 0 aromatic rings. The largest absolute Gasteiger partial charge is 0.509 e. The van der Waals surface area contributed by atoms with E-state index >= 15 is 0 Å². The highest BCUT2D eigenvalue weighted by molar-refractivity contribution is 5.76. The Hall–Kier alpha value is -2.03. The maximum Gasteiger partial charge on any atom is 0.509 e. The Balaban J connectivity index is 3.63. The van der Waals surface area contributed by atoms with Gasteiger partial charge in [-0.25, -0.2) is 14.4 Å². The lowest BCUT2D eigenvalue weighted by atomic mass is 10.1. The first kappa shape index (κ1) is 26.0. The molecule has 0 radical (unpaired) electrons. The van der Waals surface area contributed by atoms with Crippen LogP contribution in [0.1, 0.15) is 53.4 Å². The molecule has 0 aliphatic carbocycles. The summed E-state index contributed by atoms with van der Waals surface area (Å²) in [7, 11) is 0. The van der Waals surface area contributed by atoms with Crippen LogP contribution in [-0.4, -0.2) is 64.0 Å². The van der Waals surface area contributed by atoms with Gasteiger partial charge in [0, 0.05) is 0 Å². The number of carbonyl (C=O) groups excluding carboxylic acids is 3. The van der Waals surface area contributed by atoms with Crippen molar-refractivity contribution in [3.8, 4) is 0 Å². The minimum absolute atomic E-state index is 0.0346. The van der Waals surface area contributed by atoms with Crippen molar-refractivity contribution in [1.29, 1.82) is 0 Å². The van der Waals surface area contributed by atoms with Crippen LogP contribution in [-0.2, 0) is 33.2 Å². The van der Waals surface area contributed by atoms with E-state index in [1.54, 1.807) is 0 Å². The first-order valence-electron chi connectivity index (χ1n) is 9.81. The fourth-order valence-electron chi connectivity index (χ4n) is 1.88. The van der Waals surface area contributed by atoms with Crippen LogP contribution in [0.2, 0.25) is 0 Å². The lowest BCUT2D eigenvalue weighted by Crippen LogP contribution is -2.27. The standard InChI is InChI=1S/C19H34O9/c1-5-8-9-24-17(20)15(4)28-19(22)26-13-11-23-10-12-25-18(21)27-14-16(6-2)7-3/h15-16H,5-14H2,1-4H3/t15-/m0/s1.